The summed E-state index contributed by atoms with van der Waals surface area (Å²) < 4.78 is 0. The largest absolute Gasteiger partial charge is 0.409 e. The Labute approximate surface area is 118 Å². The first-order valence-corrected chi connectivity index (χ1v) is 7.13. The fraction of sp³-hybridized carbons (Fsp3) is 0.500. The SMILES string of the molecule is NC(=NO)c1c(Cl)cccc1N1CCCCCCC1. The number of amidine groups is 1. The molecule has 1 fully saturated rings. The average molecular weight is 282 g/mol. The first-order valence-electron chi connectivity index (χ1n) is 6.75. The van der Waals surface area contributed by atoms with E-state index in [0.717, 1.165) is 18.8 Å². The Kier molecular flexibility index (Phi) is 4.91. The molecule has 1 saturated heterocycles. The lowest BCUT2D eigenvalue weighted by atomic mass is 10.1. The van der Waals surface area contributed by atoms with Crippen LogP contribution >= 0.6 is 11.6 Å². The number of rotatable bonds is 2. The van der Waals surface area contributed by atoms with Crippen molar-refractivity contribution < 1.29 is 5.21 Å². The predicted molar refractivity (Wildman–Crippen MR) is 79.3 cm³/mol. The summed E-state index contributed by atoms with van der Waals surface area (Å²) in [4.78, 5) is 2.29. The highest BCUT2D eigenvalue weighted by Gasteiger charge is 2.17. The molecule has 104 valence electrons. The molecule has 0 amide bonds. The van der Waals surface area contributed by atoms with Crippen LogP contribution in [0.15, 0.2) is 23.4 Å². The molecule has 1 heterocycles. The molecule has 3 N–H and O–H groups in total. The maximum Gasteiger partial charge on any atom is 0.173 e. The monoisotopic (exact) mass is 281 g/mol. The van der Waals surface area contributed by atoms with Gasteiger partial charge in [0.05, 0.1) is 10.6 Å². The van der Waals surface area contributed by atoms with Crippen LogP contribution in [0.1, 0.15) is 37.7 Å². The molecular formula is C14H20ClN3O. The lowest BCUT2D eigenvalue weighted by molar-refractivity contribution is 0.318. The normalized spacial score (nSPS) is 17.9. The molecule has 0 atom stereocenters. The Morgan fingerprint density at radius 3 is 2.42 bits per heavy atom. The van der Waals surface area contributed by atoms with Crippen molar-refractivity contribution in [3.8, 4) is 0 Å². The highest BCUT2D eigenvalue weighted by atomic mass is 35.5. The minimum absolute atomic E-state index is 0.0719. The maximum atomic E-state index is 8.92. The Hall–Kier alpha value is -1.42. The summed E-state index contributed by atoms with van der Waals surface area (Å²) in [6.07, 6.45) is 6.17. The number of nitrogens with zero attached hydrogens (tertiary/aromatic N) is 2. The van der Waals surface area contributed by atoms with Crippen LogP contribution in [0.3, 0.4) is 0 Å². The second-order valence-electron chi connectivity index (χ2n) is 4.87. The van der Waals surface area contributed by atoms with Gasteiger partial charge in [-0.3, -0.25) is 0 Å². The van der Waals surface area contributed by atoms with E-state index in [4.69, 9.17) is 22.5 Å². The van der Waals surface area contributed by atoms with Crippen LogP contribution < -0.4 is 10.6 Å². The van der Waals surface area contributed by atoms with Gasteiger partial charge in [-0.1, -0.05) is 42.1 Å². The van der Waals surface area contributed by atoms with E-state index in [0.29, 0.717) is 10.6 Å². The molecular weight excluding hydrogens is 262 g/mol. The fourth-order valence-corrected chi connectivity index (χ4v) is 2.83. The summed E-state index contributed by atoms with van der Waals surface area (Å²) in [6, 6.07) is 5.66. The zero-order valence-electron chi connectivity index (χ0n) is 11.0. The van der Waals surface area contributed by atoms with E-state index in [2.05, 4.69) is 10.1 Å². The van der Waals surface area contributed by atoms with Gasteiger partial charge in [-0.2, -0.15) is 0 Å². The van der Waals surface area contributed by atoms with Crippen LogP contribution in [-0.2, 0) is 0 Å². The summed E-state index contributed by atoms with van der Waals surface area (Å²) >= 11 is 6.20. The van der Waals surface area contributed by atoms with Crippen LogP contribution in [0.2, 0.25) is 5.02 Å². The third-order valence-corrected chi connectivity index (χ3v) is 3.87. The summed E-state index contributed by atoms with van der Waals surface area (Å²) in [5, 5.41) is 12.5. The molecule has 0 unspecified atom stereocenters. The predicted octanol–water partition coefficient (Wildman–Crippen LogP) is 3.21. The quantitative estimate of drug-likeness (QED) is 0.379. The summed E-state index contributed by atoms with van der Waals surface area (Å²) in [7, 11) is 0. The molecule has 1 aromatic rings. The minimum Gasteiger partial charge on any atom is -0.409 e. The topological polar surface area (TPSA) is 61.9 Å². The number of oxime groups is 1. The van der Waals surface area contributed by atoms with Crippen molar-refractivity contribution in [2.45, 2.75) is 32.1 Å². The van der Waals surface area contributed by atoms with Crippen molar-refractivity contribution in [1.29, 1.82) is 0 Å². The number of nitrogens with two attached hydrogens (primary N) is 1. The van der Waals surface area contributed by atoms with Crippen molar-refractivity contribution in [3.05, 3.63) is 28.8 Å². The van der Waals surface area contributed by atoms with E-state index < -0.39 is 0 Å². The third kappa shape index (κ3) is 3.32. The molecule has 19 heavy (non-hydrogen) atoms. The van der Waals surface area contributed by atoms with E-state index in [1.807, 2.05) is 12.1 Å². The highest BCUT2D eigenvalue weighted by molar-refractivity contribution is 6.34. The molecule has 2 rings (SSSR count). The molecule has 4 nitrogen and oxygen atoms in total. The van der Waals surface area contributed by atoms with Crippen molar-refractivity contribution in [3.63, 3.8) is 0 Å². The number of hydrogen-bond acceptors (Lipinski definition) is 3. The summed E-state index contributed by atoms with van der Waals surface area (Å²) in [5.74, 6) is 0.0719. The Morgan fingerprint density at radius 2 is 1.79 bits per heavy atom. The van der Waals surface area contributed by atoms with E-state index in [-0.39, 0.29) is 5.84 Å². The van der Waals surface area contributed by atoms with E-state index in [1.165, 1.54) is 32.1 Å². The number of benzene rings is 1. The summed E-state index contributed by atoms with van der Waals surface area (Å²) in [6.45, 7) is 1.98. The molecule has 0 saturated carbocycles. The zero-order chi connectivity index (χ0) is 13.7. The molecule has 0 bridgehead atoms. The lowest BCUT2D eigenvalue weighted by Gasteiger charge is -2.29. The van der Waals surface area contributed by atoms with Gasteiger partial charge in [-0.25, -0.2) is 0 Å². The molecule has 0 aromatic heterocycles. The van der Waals surface area contributed by atoms with Gasteiger partial charge in [0.25, 0.3) is 0 Å². The average Bonchev–Trinajstić information content (AvgIpc) is 2.37. The van der Waals surface area contributed by atoms with Gasteiger partial charge in [0, 0.05) is 18.8 Å². The first kappa shape index (κ1) is 14.0. The highest BCUT2D eigenvalue weighted by Crippen LogP contribution is 2.29. The minimum atomic E-state index is 0.0719. The Morgan fingerprint density at radius 1 is 1.16 bits per heavy atom. The van der Waals surface area contributed by atoms with Crippen molar-refractivity contribution in [2.75, 3.05) is 18.0 Å². The van der Waals surface area contributed by atoms with Gasteiger partial charge in [0.15, 0.2) is 5.84 Å². The van der Waals surface area contributed by atoms with E-state index >= 15 is 0 Å². The van der Waals surface area contributed by atoms with Crippen LogP contribution in [0.5, 0.6) is 0 Å². The molecule has 0 aliphatic carbocycles. The molecule has 1 aliphatic heterocycles. The molecule has 0 spiro atoms. The van der Waals surface area contributed by atoms with Gasteiger partial charge in [-0.05, 0) is 25.0 Å². The zero-order valence-corrected chi connectivity index (χ0v) is 11.7. The van der Waals surface area contributed by atoms with Gasteiger partial charge in [0.1, 0.15) is 0 Å². The molecule has 5 heteroatoms. The maximum absolute atomic E-state index is 8.92. The first-order chi connectivity index (χ1) is 9.24. The van der Waals surface area contributed by atoms with E-state index in [1.54, 1.807) is 6.07 Å². The smallest absolute Gasteiger partial charge is 0.173 e. The molecule has 1 aliphatic rings. The van der Waals surface area contributed by atoms with Crippen molar-refractivity contribution in [2.24, 2.45) is 10.9 Å². The van der Waals surface area contributed by atoms with Gasteiger partial charge in [-0.15, -0.1) is 0 Å². The van der Waals surface area contributed by atoms with Gasteiger partial charge >= 0.3 is 0 Å². The van der Waals surface area contributed by atoms with Crippen LogP contribution in [-0.4, -0.2) is 24.1 Å². The summed E-state index contributed by atoms with van der Waals surface area (Å²) in [5.41, 5.74) is 7.36. The van der Waals surface area contributed by atoms with Crippen molar-refractivity contribution in [1.82, 2.24) is 0 Å². The van der Waals surface area contributed by atoms with Crippen LogP contribution in [0.25, 0.3) is 0 Å². The second-order valence-corrected chi connectivity index (χ2v) is 5.28. The van der Waals surface area contributed by atoms with Crippen LogP contribution in [0.4, 0.5) is 5.69 Å². The Bertz CT molecular complexity index is 454. The molecule has 0 radical (unpaired) electrons. The van der Waals surface area contributed by atoms with E-state index in [9.17, 15) is 0 Å². The molecule has 1 aromatic carbocycles. The third-order valence-electron chi connectivity index (χ3n) is 3.55. The number of hydrogen-bond donors (Lipinski definition) is 2. The van der Waals surface area contributed by atoms with Gasteiger partial charge in [0.2, 0.25) is 0 Å². The Balaban J connectivity index is 2.34. The number of halogens is 1. The second kappa shape index (κ2) is 6.66. The standard InChI is InChI=1S/C14H20ClN3O/c15-11-7-6-8-12(13(11)14(16)17-19)18-9-4-2-1-3-5-10-18/h6-8,19H,1-5,9-10H2,(H2,16,17). The van der Waals surface area contributed by atoms with Crippen LogP contribution in [0, 0.1) is 0 Å². The lowest BCUT2D eigenvalue weighted by Crippen LogP contribution is -2.30. The van der Waals surface area contributed by atoms with Crippen molar-refractivity contribution >= 4 is 23.1 Å². The van der Waals surface area contributed by atoms with Gasteiger partial charge < -0.3 is 15.8 Å². The number of anilines is 1. The fourth-order valence-electron chi connectivity index (χ4n) is 2.57.